The van der Waals surface area contributed by atoms with Gasteiger partial charge in [-0.05, 0) is 42.8 Å². The van der Waals surface area contributed by atoms with Crippen molar-refractivity contribution in [1.29, 1.82) is 0 Å². The van der Waals surface area contributed by atoms with Crippen LogP contribution in [-0.4, -0.2) is 28.5 Å². The Morgan fingerprint density at radius 3 is 2.76 bits per heavy atom. The summed E-state index contributed by atoms with van der Waals surface area (Å²) in [6, 6.07) is 11.1. The molecule has 0 amide bonds. The van der Waals surface area contributed by atoms with Crippen LogP contribution in [0.4, 0.5) is 4.39 Å². The van der Waals surface area contributed by atoms with E-state index in [1.54, 1.807) is 13.0 Å². The van der Waals surface area contributed by atoms with Gasteiger partial charge in [0.2, 0.25) is 0 Å². The molecule has 108 valence electrons. The number of hydrogen-bond acceptors (Lipinski definition) is 3. The summed E-state index contributed by atoms with van der Waals surface area (Å²) in [5.41, 5.74) is 3.48. The summed E-state index contributed by atoms with van der Waals surface area (Å²) in [4.78, 5) is 9.00. The van der Waals surface area contributed by atoms with Gasteiger partial charge in [-0.1, -0.05) is 6.07 Å². The molecule has 0 fully saturated rings. The number of aromatic nitrogens is 1. The normalized spacial score (nSPS) is 14.0. The second-order valence-electron chi connectivity index (χ2n) is 5.42. The minimum Gasteiger partial charge on any atom is -0.362 e. The van der Waals surface area contributed by atoms with Gasteiger partial charge in [-0.2, -0.15) is 0 Å². The third-order valence-corrected chi connectivity index (χ3v) is 3.56. The molecule has 0 bridgehead atoms. The van der Waals surface area contributed by atoms with E-state index in [0.29, 0.717) is 5.56 Å². The highest BCUT2D eigenvalue weighted by molar-refractivity contribution is 5.60. The lowest BCUT2D eigenvalue weighted by Crippen LogP contribution is -2.22. The molecule has 3 nitrogen and oxygen atoms in total. The lowest BCUT2D eigenvalue weighted by molar-refractivity contribution is 0.288. The highest BCUT2D eigenvalue weighted by Gasteiger charge is 2.10. The largest absolute Gasteiger partial charge is 0.362 e. The molecule has 2 heterocycles. The van der Waals surface area contributed by atoms with E-state index in [0.717, 1.165) is 30.2 Å². The average Bonchev–Trinajstić information content (AvgIpc) is 2.87. The van der Waals surface area contributed by atoms with Gasteiger partial charge < -0.3 is 9.80 Å². The first-order valence-electron chi connectivity index (χ1n) is 6.97. The minimum atomic E-state index is -0.180. The molecule has 2 aromatic rings. The van der Waals surface area contributed by atoms with Crippen molar-refractivity contribution in [2.45, 2.75) is 13.5 Å². The quantitative estimate of drug-likeness (QED) is 0.861. The van der Waals surface area contributed by atoms with Crippen LogP contribution in [0.1, 0.15) is 11.3 Å². The summed E-state index contributed by atoms with van der Waals surface area (Å²) in [6.45, 7) is 3.42. The van der Waals surface area contributed by atoms with Gasteiger partial charge in [-0.25, -0.2) is 4.39 Å². The van der Waals surface area contributed by atoms with Crippen molar-refractivity contribution in [2.24, 2.45) is 0 Å². The molecule has 3 rings (SSSR count). The Hall–Kier alpha value is -2.36. The third kappa shape index (κ3) is 3.05. The first-order valence-corrected chi connectivity index (χ1v) is 6.97. The summed E-state index contributed by atoms with van der Waals surface area (Å²) in [5.74, 6) is -0.180. The molecule has 0 aliphatic carbocycles. The Morgan fingerprint density at radius 1 is 1.19 bits per heavy atom. The van der Waals surface area contributed by atoms with Crippen molar-refractivity contribution in [3.8, 4) is 11.3 Å². The summed E-state index contributed by atoms with van der Waals surface area (Å²) >= 11 is 0. The molecule has 21 heavy (non-hydrogen) atoms. The first-order chi connectivity index (χ1) is 10.1. The molecule has 0 radical (unpaired) electrons. The molecule has 0 spiro atoms. The lowest BCUT2D eigenvalue weighted by Gasteiger charge is -2.17. The van der Waals surface area contributed by atoms with E-state index in [-0.39, 0.29) is 5.82 Å². The monoisotopic (exact) mass is 283 g/mol. The summed E-state index contributed by atoms with van der Waals surface area (Å²) in [5, 5.41) is 0. The number of pyridine rings is 1. The fraction of sp³-hybridized carbons (Fsp3) is 0.235. The predicted octanol–water partition coefficient (Wildman–Crippen LogP) is 3.37. The Labute approximate surface area is 124 Å². The highest BCUT2D eigenvalue weighted by atomic mass is 19.1. The van der Waals surface area contributed by atoms with Gasteiger partial charge in [0.15, 0.2) is 0 Å². The van der Waals surface area contributed by atoms with E-state index < -0.39 is 0 Å². The van der Waals surface area contributed by atoms with E-state index in [1.807, 2.05) is 37.5 Å². The topological polar surface area (TPSA) is 19.4 Å². The SMILES string of the molecule is Cc1cc(-c2cccc(CN3C=CN(C)C3)n2)ccc1F. The van der Waals surface area contributed by atoms with Crippen LogP contribution in [0.5, 0.6) is 0 Å². The molecular weight excluding hydrogens is 265 g/mol. The van der Waals surface area contributed by atoms with Gasteiger partial charge in [0, 0.05) is 25.0 Å². The van der Waals surface area contributed by atoms with Gasteiger partial charge in [-0.15, -0.1) is 0 Å². The molecule has 0 N–H and O–H groups in total. The minimum absolute atomic E-state index is 0.180. The number of benzene rings is 1. The maximum atomic E-state index is 13.4. The zero-order valence-electron chi connectivity index (χ0n) is 12.3. The second-order valence-corrected chi connectivity index (χ2v) is 5.42. The standard InChI is InChI=1S/C17H18FN3/c1-13-10-14(6-7-16(13)18)17-5-3-4-15(19-17)11-21-9-8-20(2)12-21/h3-10H,11-12H2,1-2H3. The van der Waals surface area contributed by atoms with Crippen molar-refractivity contribution >= 4 is 0 Å². The van der Waals surface area contributed by atoms with Crippen molar-refractivity contribution in [2.75, 3.05) is 13.7 Å². The van der Waals surface area contributed by atoms with Crippen LogP contribution in [0.25, 0.3) is 11.3 Å². The van der Waals surface area contributed by atoms with Crippen LogP contribution >= 0.6 is 0 Å². The van der Waals surface area contributed by atoms with Gasteiger partial charge in [0.25, 0.3) is 0 Å². The maximum absolute atomic E-state index is 13.4. The summed E-state index contributed by atoms with van der Waals surface area (Å²) < 4.78 is 13.4. The van der Waals surface area contributed by atoms with Gasteiger partial charge >= 0.3 is 0 Å². The van der Waals surface area contributed by atoms with Crippen LogP contribution < -0.4 is 0 Å². The number of aryl methyl sites for hydroxylation is 1. The zero-order valence-corrected chi connectivity index (χ0v) is 12.3. The molecule has 0 saturated heterocycles. The highest BCUT2D eigenvalue weighted by Crippen LogP contribution is 2.21. The first kappa shape index (κ1) is 13.6. The van der Waals surface area contributed by atoms with E-state index in [2.05, 4.69) is 21.0 Å². The Balaban J connectivity index is 1.82. The molecule has 1 aromatic carbocycles. The van der Waals surface area contributed by atoms with Crippen molar-refractivity contribution in [1.82, 2.24) is 14.8 Å². The van der Waals surface area contributed by atoms with Crippen LogP contribution in [-0.2, 0) is 6.54 Å². The van der Waals surface area contributed by atoms with Gasteiger partial charge in [0.05, 0.1) is 24.6 Å². The van der Waals surface area contributed by atoms with Crippen molar-refractivity contribution in [3.63, 3.8) is 0 Å². The molecule has 0 atom stereocenters. The van der Waals surface area contributed by atoms with Gasteiger partial charge in [-0.3, -0.25) is 4.98 Å². The maximum Gasteiger partial charge on any atom is 0.126 e. The van der Waals surface area contributed by atoms with Crippen molar-refractivity contribution in [3.05, 3.63) is 65.9 Å². The van der Waals surface area contributed by atoms with E-state index in [1.165, 1.54) is 6.07 Å². The predicted molar refractivity (Wildman–Crippen MR) is 81.7 cm³/mol. The van der Waals surface area contributed by atoms with E-state index >= 15 is 0 Å². The summed E-state index contributed by atoms with van der Waals surface area (Å²) in [7, 11) is 2.04. The van der Waals surface area contributed by atoms with Crippen LogP contribution in [0.2, 0.25) is 0 Å². The fourth-order valence-electron chi connectivity index (χ4n) is 2.43. The molecule has 0 unspecified atom stereocenters. The Bertz CT molecular complexity index is 681. The van der Waals surface area contributed by atoms with Crippen LogP contribution in [0.3, 0.4) is 0 Å². The zero-order chi connectivity index (χ0) is 14.8. The smallest absolute Gasteiger partial charge is 0.126 e. The molecule has 1 aliphatic rings. The molecule has 4 heteroatoms. The number of hydrogen-bond donors (Lipinski definition) is 0. The Kier molecular flexibility index (Phi) is 3.60. The fourth-order valence-corrected chi connectivity index (χ4v) is 2.43. The molecule has 0 saturated carbocycles. The lowest BCUT2D eigenvalue weighted by atomic mass is 10.1. The number of rotatable bonds is 3. The van der Waals surface area contributed by atoms with Crippen molar-refractivity contribution < 1.29 is 4.39 Å². The molecule has 1 aromatic heterocycles. The van der Waals surface area contributed by atoms with Crippen LogP contribution in [0, 0.1) is 12.7 Å². The second kappa shape index (κ2) is 5.56. The number of nitrogens with zero attached hydrogens (tertiary/aromatic N) is 3. The van der Waals surface area contributed by atoms with E-state index in [9.17, 15) is 4.39 Å². The third-order valence-electron chi connectivity index (χ3n) is 3.56. The average molecular weight is 283 g/mol. The molecule has 1 aliphatic heterocycles. The van der Waals surface area contributed by atoms with Crippen LogP contribution in [0.15, 0.2) is 48.8 Å². The van der Waals surface area contributed by atoms with E-state index in [4.69, 9.17) is 0 Å². The summed E-state index contributed by atoms with van der Waals surface area (Å²) in [6.07, 6.45) is 4.11. The van der Waals surface area contributed by atoms with Gasteiger partial charge in [0.1, 0.15) is 5.82 Å². The molecular formula is C17H18FN3. The Morgan fingerprint density at radius 2 is 2.05 bits per heavy atom. The number of halogens is 1.